The maximum atomic E-state index is 2.42. The molecule has 2 atom stereocenters. The first-order valence-electron chi connectivity index (χ1n) is 9.99. The zero-order chi connectivity index (χ0) is 19.1. The van der Waals surface area contributed by atoms with Crippen LogP contribution in [0.25, 0.3) is 11.6 Å². The second-order valence-corrected chi connectivity index (χ2v) is 8.90. The van der Waals surface area contributed by atoms with Gasteiger partial charge in [0.25, 0.3) is 0 Å². The minimum Gasteiger partial charge on any atom is -0.0651 e. The fraction of sp³-hybridized carbons (Fsp3) is 0.440. The van der Waals surface area contributed by atoms with Crippen LogP contribution in [0.4, 0.5) is 0 Å². The van der Waals surface area contributed by atoms with E-state index in [-0.39, 0.29) is 0 Å². The molecule has 0 N–H and O–H groups in total. The first kappa shape index (κ1) is 21.2. The first-order chi connectivity index (χ1) is 12.4. The molecule has 0 aliphatic rings. The summed E-state index contributed by atoms with van der Waals surface area (Å²) in [4.78, 5) is 0. The minimum atomic E-state index is 0.677. The summed E-state index contributed by atoms with van der Waals surface area (Å²) in [7, 11) is 0. The Bertz CT molecular complexity index is 742. The third-order valence-electron chi connectivity index (χ3n) is 5.62. The third kappa shape index (κ3) is 5.97. The van der Waals surface area contributed by atoms with Gasteiger partial charge in [-0.3, -0.25) is 0 Å². The average Bonchev–Trinajstić information content (AvgIpc) is 2.65. The number of hydrogen-bond donors (Lipinski definition) is 0. The second kappa shape index (κ2) is 10.3. The van der Waals surface area contributed by atoms with Gasteiger partial charge >= 0.3 is 0 Å². The number of aryl methyl sites for hydroxylation is 1. The Kier molecular flexibility index (Phi) is 8.40. The Morgan fingerprint density at radius 2 is 1.81 bits per heavy atom. The Hall–Kier alpha value is -1.09. The van der Waals surface area contributed by atoms with E-state index in [2.05, 4.69) is 106 Å². The molecule has 0 saturated carbocycles. The van der Waals surface area contributed by atoms with Crippen LogP contribution in [0.2, 0.25) is 0 Å². The Morgan fingerprint density at radius 3 is 2.50 bits per heavy atom. The average molecular weight is 460 g/mol. The first-order valence-corrected chi connectivity index (χ1v) is 11.1. The van der Waals surface area contributed by atoms with Crippen molar-refractivity contribution in [3.05, 3.63) is 68.3 Å². The molecule has 0 nitrogen and oxygen atoms in total. The molecule has 0 heterocycles. The van der Waals surface area contributed by atoms with Crippen molar-refractivity contribution in [3.63, 3.8) is 0 Å². The molecule has 0 bridgehead atoms. The molecule has 0 aromatic heterocycles. The zero-order valence-corrected chi connectivity index (χ0v) is 19.1. The lowest BCUT2D eigenvalue weighted by atomic mass is 9.87. The molecule has 0 saturated heterocycles. The monoisotopic (exact) mass is 460 g/mol. The Balaban J connectivity index is 2.24. The van der Waals surface area contributed by atoms with Gasteiger partial charge in [-0.25, -0.2) is 0 Å². The number of rotatable bonds is 8. The molecular weight excluding hydrogens is 427 g/mol. The van der Waals surface area contributed by atoms with Gasteiger partial charge in [-0.05, 0) is 101 Å². The molecule has 0 radical (unpaired) electrons. The lowest BCUT2D eigenvalue weighted by Crippen LogP contribution is -2.02. The van der Waals surface area contributed by atoms with Crippen molar-refractivity contribution >= 4 is 34.2 Å². The summed E-state index contributed by atoms with van der Waals surface area (Å²) in [6, 6.07) is 15.9. The summed E-state index contributed by atoms with van der Waals surface area (Å²) in [5, 5.41) is 0. The molecule has 0 spiro atoms. The molecule has 140 valence electrons. The maximum absolute atomic E-state index is 2.42. The van der Waals surface area contributed by atoms with Gasteiger partial charge in [0.1, 0.15) is 0 Å². The Morgan fingerprint density at radius 1 is 1.04 bits per heavy atom. The van der Waals surface area contributed by atoms with Crippen LogP contribution in [0.15, 0.2) is 42.5 Å². The van der Waals surface area contributed by atoms with E-state index >= 15 is 0 Å². The largest absolute Gasteiger partial charge is 0.0651 e. The lowest BCUT2D eigenvalue weighted by Gasteiger charge is -2.18. The third-order valence-corrected chi connectivity index (χ3v) is 6.30. The van der Waals surface area contributed by atoms with Gasteiger partial charge in [0.15, 0.2) is 0 Å². The lowest BCUT2D eigenvalue weighted by molar-refractivity contribution is 0.454. The van der Waals surface area contributed by atoms with Gasteiger partial charge in [-0.1, -0.05) is 70.0 Å². The number of allylic oxidation sites excluding steroid dienone is 1. The van der Waals surface area contributed by atoms with Crippen molar-refractivity contribution in [1.29, 1.82) is 0 Å². The van der Waals surface area contributed by atoms with Crippen LogP contribution in [0.5, 0.6) is 0 Å². The van der Waals surface area contributed by atoms with Crippen LogP contribution in [0, 0.1) is 16.4 Å². The number of hydrogen-bond acceptors (Lipinski definition) is 0. The van der Waals surface area contributed by atoms with Gasteiger partial charge in [-0.2, -0.15) is 0 Å². The van der Waals surface area contributed by atoms with E-state index in [1.54, 1.807) is 0 Å². The molecule has 2 rings (SSSR count). The summed E-state index contributed by atoms with van der Waals surface area (Å²) in [6.07, 6.45) is 7.46. The smallest absolute Gasteiger partial charge is 0.0136 e. The van der Waals surface area contributed by atoms with E-state index in [1.165, 1.54) is 57.1 Å². The van der Waals surface area contributed by atoms with Crippen molar-refractivity contribution in [1.82, 2.24) is 0 Å². The molecule has 0 fully saturated rings. The van der Waals surface area contributed by atoms with Gasteiger partial charge in [0.05, 0.1) is 0 Å². The molecular formula is C25H33I. The maximum Gasteiger partial charge on any atom is 0.0136 e. The Labute approximate surface area is 174 Å². The van der Waals surface area contributed by atoms with Crippen molar-refractivity contribution in [2.24, 2.45) is 5.92 Å². The van der Waals surface area contributed by atoms with Crippen molar-refractivity contribution < 1.29 is 0 Å². The highest BCUT2D eigenvalue weighted by Gasteiger charge is 2.12. The highest BCUT2D eigenvalue weighted by Crippen LogP contribution is 2.30. The van der Waals surface area contributed by atoms with Gasteiger partial charge in [0, 0.05) is 3.57 Å². The van der Waals surface area contributed by atoms with E-state index < -0.39 is 0 Å². The van der Waals surface area contributed by atoms with E-state index in [1.807, 2.05) is 0 Å². The second-order valence-electron chi connectivity index (χ2n) is 7.65. The highest BCUT2D eigenvalue weighted by atomic mass is 127. The van der Waals surface area contributed by atoms with E-state index in [4.69, 9.17) is 0 Å². The molecule has 2 aromatic carbocycles. The number of halogens is 1. The quantitative estimate of drug-likeness (QED) is 0.274. The zero-order valence-electron chi connectivity index (χ0n) is 17.0. The summed E-state index contributed by atoms with van der Waals surface area (Å²) >= 11 is 2.39. The summed E-state index contributed by atoms with van der Waals surface area (Å²) in [5.74, 6) is 1.51. The summed E-state index contributed by atoms with van der Waals surface area (Å²) in [5.41, 5.74) is 6.85. The molecule has 2 unspecified atom stereocenters. The van der Waals surface area contributed by atoms with Crippen molar-refractivity contribution in [2.45, 2.75) is 66.2 Å². The molecule has 0 aliphatic heterocycles. The van der Waals surface area contributed by atoms with Crippen LogP contribution in [-0.4, -0.2) is 0 Å². The van der Waals surface area contributed by atoms with E-state index in [0.29, 0.717) is 5.92 Å². The van der Waals surface area contributed by atoms with E-state index in [0.717, 1.165) is 5.92 Å². The van der Waals surface area contributed by atoms with E-state index in [9.17, 15) is 0 Å². The molecule has 2 aromatic rings. The molecule has 0 amide bonds. The van der Waals surface area contributed by atoms with Gasteiger partial charge in [0.2, 0.25) is 0 Å². The summed E-state index contributed by atoms with van der Waals surface area (Å²) in [6.45, 7) is 11.4. The fourth-order valence-corrected chi connectivity index (χ4v) is 3.93. The summed E-state index contributed by atoms with van der Waals surface area (Å²) < 4.78 is 1.29. The molecule has 26 heavy (non-hydrogen) atoms. The normalized spacial score (nSPS) is 14.3. The highest BCUT2D eigenvalue weighted by molar-refractivity contribution is 14.1. The fourth-order valence-electron chi connectivity index (χ4n) is 3.42. The van der Waals surface area contributed by atoms with Gasteiger partial charge < -0.3 is 0 Å². The molecule has 0 aliphatic carbocycles. The van der Waals surface area contributed by atoms with Crippen molar-refractivity contribution in [3.8, 4) is 0 Å². The van der Waals surface area contributed by atoms with Crippen LogP contribution in [0.1, 0.15) is 81.5 Å². The minimum absolute atomic E-state index is 0.677. The topological polar surface area (TPSA) is 0 Å². The predicted octanol–water partition coefficient (Wildman–Crippen LogP) is 8.48. The van der Waals surface area contributed by atoms with Crippen LogP contribution < -0.4 is 0 Å². The van der Waals surface area contributed by atoms with Crippen molar-refractivity contribution in [2.75, 3.05) is 0 Å². The van der Waals surface area contributed by atoms with Crippen LogP contribution >= 0.6 is 22.6 Å². The van der Waals surface area contributed by atoms with Crippen LogP contribution in [-0.2, 0) is 0 Å². The predicted molar refractivity (Wildman–Crippen MR) is 126 cm³/mol. The number of benzene rings is 2. The standard InChI is InChI=1S/C25H33I/c1-6-18(3)11-13-21(7-2)23-10-8-9-22(16-23)20(5)15-24-17-25(26)14-12-19(24)4/h8-10,12,14-18,21H,6-7,11,13H2,1-5H3/b20-15+. The van der Waals surface area contributed by atoms with Gasteiger partial charge in [-0.15, -0.1) is 0 Å². The SMILES string of the molecule is CCC(C)CCC(CC)c1cccc(/C(C)=C/c2cc(I)ccc2C)c1. The van der Waals surface area contributed by atoms with Crippen LogP contribution in [0.3, 0.4) is 0 Å². The molecule has 1 heteroatoms.